The molecule has 3 heterocycles. The Labute approximate surface area is 297 Å². The van der Waals surface area contributed by atoms with Crippen LogP contribution in [0.1, 0.15) is 31.7 Å². The second-order valence-electron chi connectivity index (χ2n) is 11.9. The SMILES string of the molecule is CCOc1ccc(Nc2nccc(-c3sc(C(C)C)nc3-c3ccc(F)c(NSc4c(F)cccc4F)c3)n2)cc1N1CCN(CCF)CC1. The van der Waals surface area contributed by atoms with Crippen molar-refractivity contribution in [3.8, 4) is 27.6 Å². The normalized spacial score (nSPS) is 13.6. The van der Waals surface area contributed by atoms with Crippen molar-refractivity contribution in [2.24, 2.45) is 0 Å². The highest BCUT2D eigenvalue weighted by atomic mass is 32.2. The second kappa shape index (κ2) is 16.1. The van der Waals surface area contributed by atoms with Gasteiger partial charge in [0.1, 0.15) is 29.9 Å². The molecule has 0 amide bonds. The molecular formula is C36H37F4N7OS2. The number of anilines is 4. The molecule has 0 bridgehead atoms. The average molecular weight is 724 g/mol. The molecule has 2 N–H and O–H groups in total. The first-order chi connectivity index (χ1) is 24.2. The number of benzene rings is 3. The minimum absolute atomic E-state index is 0.0559. The molecule has 1 aliphatic rings. The number of aromatic nitrogens is 3. The number of rotatable bonds is 13. The number of hydrogen-bond acceptors (Lipinski definition) is 10. The number of halogens is 4. The molecule has 1 aliphatic heterocycles. The van der Waals surface area contributed by atoms with Crippen molar-refractivity contribution in [2.45, 2.75) is 31.6 Å². The smallest absolute Gasteiger partial charge is 0.227 e. The Bertz CT molecular complexity index is 1910. The summed E-state index contributed by atoms with van der Waals surface area (Å²) in [4.78, 5) is 19.1. The third-order valence-electron chi connectivity index (χ3n) is 8.08. The summed E-state index contributed by atoms with van der Waals surface area (Å²) < 4.78 is 65.0. The van der Waals surface area contributed by atoms with Gasteiger partial charge in [0.05, 0.1) is 44.1 Å². The Morgan fingerprint density at radius 1 is 0.940 bits per heavy atom. The molecule has 0 unspecified atom stereocenters. The summed E-state index contributed by atoms with van der Waals surface area (Å²) in [7, 11) is 0. The highest BCUT2D eigenvalue weighted by Crippen LogP contribution is 2.40. The molecular weight excluding hydrogens is 687 g/mol. The van der Waals surface area contributed by atoms with E-state index >= 15 is 0 Å². The fraction of sp³-hybridized carbons (Fsp3) is 0.306. The maximum absolute atomic E-state index is 14.9. The van der Waals surface area contributed by atoms with Gasteiger partial charge in [0.2, 0.25) is 5.95 Å². The molecule has 0 aliphatic carbocycles. The number of thiazole rings is 1. The molecule has 1 saturated heterocycles. The van der Waals surface area contributed by atoms with Gasteiger partial charge in [-0.15, -0.1) is 11.3 Å². The van der Waals surface area contributed by atoms with Crippen molar-refractivity contribution in [2.75, 3.05) is 60.9 Å². The lowest BCUT2D eigenvalue weighted by Crippen LogP contribution is -2.47. The van der Waals surface area contributed by atoms with E-state index in [2.05, 4.69) is 24.8 Å². The Morgan fingerprint density at radius 3 is 2.44 bits per heavy atom. The molecule has 50 heavy (non-hydrogen) atoms. The first-order valence-electron chi connectivity index (χ1n) is 16.3. The third-order valence-corrected chi connectivity index (χ3v) is 10.4. The van der Waals surface area contributed by atoms with E-state index in [0.29, 0.717) is 48.0 Å². The van der Waals surface area contributed by atoms with Gasteiger partial charge in [-0.25, -0.2) is 32.5 Å². The zero-order valence-electron chi connectivity index (χ0n) is 27.9. The number of ether oxygens (including phenoxy) is 1. The lowest BCUT2D eigenvalue weighted by atomic mass is 10.1. The zero-order valence-corrected chi connectivity index (χ0v) is 29.5. The lowest BCUT2D eigenvalue weighted by Gasteiger charge is -2.36. The largest absolute Gasteiger partial charge is 0.492 e. The number of nitrogens with zero attached hydrogens (tertiary/aromatic N) is 5. The summed E-state index contributed by atoms with van der Waals surface area (Å²) in [5.41, 5.74) is 3.61. The van der Waals surface area contributed by atoms with Gasteiger partial charge in [-0.2, -0.15) is 0 Å². The highest BCUT2D eigenvalue weighted by Gasteiger charge is 2.22. The van der Waals surface area contributed by atoms with Gasteiger partial charge in [0.15, 0.2) is 0 Å². The number of alkyl halides is 1. The van der Waals surface area contributed by atoms with Crippen molar-refractivity contribution in [3.05, 3.63) is 89.3 Å². The Hall–Kier alpha value is -4.40. The number of hydrogen-bond donors (Lipinski definition) is 2. The van der Waals surface area contributed by atoms with Crippen LogP contribution in [0.25, 0.3) is 21.8 Å². The quantitative estimate of drug-likeness (QED) is 0.0914. The van der Waals surface area contributed by atoms with Crippen LogP contribution in [0.3, 0.4) is 0 Å². The van der Waals surface area contributed by atoms with Crippen molar-refractivity contribution in [1.29, 1.82) is 0 Å². The molecule has 2 aromatic heterocycles. The number of nitrogens with one attached hydrogen (secondary N) is 2. The van der Waals surface area contributed by atoms with E-state index < -0.39 is 17.5 Å². The molecule has 0 atom stereocenters. The standard InChI is InChI=1S/C36H37F4N7OS2/c1-4-48-31-11-9-24(21-30(31)47-18-16-46(15-13-37)17-19-47)42-36-41-14-12-28(43-36)34-32(44-35(49-34)22(2)3)23-8-10-25(38)29(20-23)45-50-33-26(39)6-5-7-27(33)40/h5-12,14,20-22,45H,4,13,15-19H2,1-3H3,(H,41,42,43). The summed E-state index contributed by atoms with van der Waals surface area (Å²) in [6, 6.07) is 15.7. The highest BCUT2D eigenvalue weighted by molar-refractivity contribution is 8.00. The van der Waals surface area contributed by atoms with Crippen LogP contribution in [0, 0.1) is 17.5 Å². The van der Waals surface area contributed by atoms with Crippen LogP contribution >= 0.6 is 23.3 Å². The summed E-state index contributed by atoms with van der Waals surface area (Å²) >= 11 is 2.15. The molecule has 3 aromatic carbocycles. The number of piperazine rings is 1. The van der Waals surface area contributed by atoms with Crippen LogP contribution in [0.4, 0.5) is 40.6 Å². The van der Waals surface area contributed by atoms with E-state index in [1.165, 1.54) is 23.5 Å². The predicted molar refractivity (Wildman–Crippen MR) is 194 cm³/mol. The molecule has 5 aromatic rings. The first-order valence-corrected chi connectivity index (χ1v) is 18.0. The summed E-state index contributed by atoms with van der Waals surface area (Å²) in [6.07, 6.45) is 1.67. The van der Waals surface area contributed by atoms with Gasteiger partial charge in [0.25, 0.3) is 0 Å². The van der Waals surface area contributed by atoms with Crippen molar-refractivity contribution in [1.82, 2.24) is 19.9 Å². The van der Waals surface area contributed by atoms with E-state index in [0.717, 1.165) is 65.3 Å². The van der Waals surface area contributed by atoms with E-state index in [1.807, 2.05) is 39.0 Å². The van der Waals surface area contributed by atoms with Gasteiger partial charge in [0, 0.05) is 56.1 Å². The van der Waals surface area contributed by atoms with E-state index in [1.54, 1.807) is 24.4 Å². The molecule has 14 heteroatoms. The lowest BCUT2D eigenvalue weighted by molar-refractivity contribution is 0.234. The van der Waals surface area contributed by atoms with E-state index in [-0.39, 0.29) is 23.2 Å². The van der Waals surface area contributed by atoms with Crippen LogP contribution in [-0.2, 0) is 0 Å². The van der Waals surface area contributed by atoms with Crippen LogP contribution in [0.5, 0.6) is 5.75 Å². The molecule has 6 rings (SSSR count). The first kappa shape index (κ1) is 35.4. The van der Waals surface area contributed by atoms with Crippen molar-refractivity contribution in [3.63, 3.8) is 0 Å². The monoisotopic (exact) mass is 723 g/mol. The molecule has 262 valence electrons. The average Bonchev–Trinajstić information content (AvgIpc) is 3.57. The Kier molecular flexibility index (Phi) is 11.4. The zero-order chi connectivity index (χ0) is 35.2. The molecule has 8 nitrogen and oxygen atoms in total. The minimum Gasteiger partial charge on any atom is -0.492 e. The maximum atomic E-state index is 14.9. The van der Waals surface area contributed by atoms with Gasteiger partial charge >= 0.3 is 0 Å². The summed E-state index contributed by atoms with van der Waals surface area (Å²) in [5, 5.41) is 4.20. The van der Waals surface area contributed by atoms with Gasteiger partial charge in [-0.05, 0) is 73.5 Å². The van der Waals surface area contributed by atoms with Gasteiger partial charge < -0.3 is 19.7 Å². The molecule has 0 spiro atoms. The molecule has 0 saturated carbocycles. The van der Waals surface area contributed by atoms with E-state index in [4.69, 9.17) is 14.7 Å². The molecule has 1 fully saturated rings. The summed E-state index contributed by atoms with van der Waals surface area (Å²) in [6.45, 7) is 9.68. The molecule has 0 radical (unpaired) electrons. The van der Waals surface area contributed by atoms with Crippen molar-refractivity contribution < 1.29 is 22.3 Å². The third kappa shape index (κ3) is 8.14. The predicted octanol–water partition coefficient (Wildman–Crippen LogP) is 9.16. The van der Waals surface area contributed by atoms with Gasteiger partial charge in [-0.3, -0.25) is 4.90 Å². The minimum atomic E-state index is -0.745. The fourth-order valence-corrected chi connectivity index (χ4v) is 7.28. The van der Waals surface area contributed by atoms with E-state index in [9.17, 15) is 17.6 Å². The van der Waals surface area contributed by atoms with Crippen molar-refractivity contribution >= 4 is 46.3 Å². The Morgan fingerprint density at radius 2 is 1.72 bits per heavy atom. The van der Waals surface area contributed by atoms with Crippen LogP contribution in [0.15, 0.2) is 71.8 Å². The Balaban J connectivity index is 1.28. The van der Waals surface area contributed by atoms with Crippen LogP contribution < -0.4 is 19.7 Å². The summed E-state index contributed by atoms with van der Waals surface area (Å²) in [5.74, 6) is -0.807. The topological polar surface area (TPSA) is 78.4 Å². The van der Waals surface area contributed by atoms with Gasteiger partial charge in [-0.1, -0.05) is 19.9 Å². The maximum Gasteiger partial charge on any atom is 0.227 e. The van der Waals surface area contributed by atoms with Crippen LogP contribution in [-0.4, -0.2) is 65.9 Å². The van der Waals surface area contributed by atoms with Crippen LogP contribution in [0.2, 0.25) is 0 Å². The second-order valence-corrected chi connectivity index (χ2v) is 13.7. The fourth-order valence-electron chi connectivity index (χ4n) is 5.52.